The van der Waals surface area contributed by atoms with Crippen molar-refractivity contribution in [2.45, 2.75) is 39.3 Å². The van der Waals surface area contributed by atoms with Crippen LogP contribution >= 0.6 is 0 Å². The number of phenolic OH excluding ortho intramolecular Hbond substituents is 1. The highest BCUT2D eigenvalue weighted by atomic mass is 16.3. The number of amides is 1. The van der Waals surface area contributed by atoms with Crippen LogP contribution in [0.5, 0.6) is 5.75 Å². The molecule has 1 atom stereocenters. The van der Waals surface area contributed by atoms with Gasteiger partial charge in [0.2, 0.25) is 0 Å². The van der Waals surface area contributed by atoms with Crippen molar-refractivity contribution in [3.63, 3.8) is 0 Å². The van der Waals surface area contributed by atoms with E-state index in [0.29, 0.717) is 11.5 Å². The van der Waals surface area contributed by atoms with Gasteiger partial charge in [-0.05, 0) is 30.5 Å². The summed E-state index contributed by atoms with van der Waals surface area (Å²) in [6.07, 6.45) is 1.61. The van der Waals surface area contributed by atoms with Gasteiger partial charge in [-0.25, -0.2) is 0 Å². The van der Waals surface area contributed by atoms with Crippen molar-refractivity contribution in [1.29, 1.82) is 0 Å². The molecule has 1 aromatic heterocycles. The Labute approximate surface area is 147 Å². The summed E-state index contributed by atoms with van der Waals surface area (Å²) in [5.74, 6) is 2.02. The predicted molar refractivity (Wildman–Crippen MR) is 94.4 cm³/mol. The first-order valence-corrected chi connectivity index (χ1v) is 8.77. The van der Waals surface area contributed by atoms with E-state index in [0.717, 1.165) is 44.1 Å². The second-order valence-corrected chi connectivity index (χ2v) is 6.83. The second kappa shape index (κ2) is 7.65. The summed E-state index contributed by atoms with van der Waals surface area (Å²) in [5, 5.41) is 24.7. The number of nitrogens with one attached hydrogen (secondary N) is 2. The standard InChI is InChI=1S/C18H25N5O2/c1-12(2)10-15(20-18(25)13-4-3-5-14(24)11-13)17-22-21-16-6-7-19-8-9-23(16)17/h3-5,11-12,15,19,24H,6-10H2,1-2H3,(H,20,25)/t15-/m1/s1. The quantitative estimate of drug-likeness (QED) is 0.768. The van der Waals surface area contributed by atoms with Crippen LogP contribution in [-0.4, -0.2) is 38.9 Å². The summed E-state index contributed by atoms with van der Waals surface area (Å²) in [7, 11) is 0. The first-order valence-electron chi connectivity index (χ1n) is 8.77. The molecule has 1 aromatic carbocycles. The lowest BCUT2D eigenvalue weighted by Crippen LogP contribution is -2.32. The number of benzene rings is 1. The average molecular weight is 343 g/mol. The molecule has 25 heavy (non-hydrogen) atoms. The van der Waals surface area contributed by atoms with Crippen LogP contribution in [-0.2, 0) is 13.0 Å². The van der Waals surface area contributed by atoms with E-state index in [2.05, 4.69) is 39.2 Å². The van der Waals surface area contributed by atoms with E-state index in [1.54, 1.807) is 18.2 Å². The van der Waals surface area contributed by atoms with Gasteiger partial charge in [-0.1, -0.05) is 19.9 Å². The fourth-order valence-electron chi connectivity index (χ4n) is 3.14. The minimum atomic E-state index is -0.217. The van der Waals surface area contributed by atoms with Crippen LogP contribution in [0.25, 0.3) is 0 Å². The SMILES string of the molecule is CC(C)C[C@@H](NC(=O)c1cccc(O)c1)c1nnc2n1CCNCC2. The first-order chi connectivity index (χ1) is 12.0. The summed E-state index contributed by atoms with van der Waals surface area (Å²) in [4.78, 5) is 12.6. The third-order valence-electron chi connectivity index (χ3n) is 4.33. The highest BCUT2D eigenvalue weighted by molar-refractivity contribution is 5.94. The Morgan fingerprint density at radius 3 is 2.96 bits per heavy atom. The summed E-state index contributed by atoms with van der Waals surface area (Å²) >= 11 is 0. The Kier molecular flexibility index (Phi) is 5.33. The van der Waals surface area contributed by atoms with Crippen molar-refractivity contribution in [2.24, 2.45) is 5.92 Å². The van der Waals surface area contributed by atoms with Crippen molar-refractivity contribution < 1.29 is 9.90 Å². The summed E-state index contributed by atoms with van der Waals surface area (Å²) in [6, 6.07) is 6.16. The molecule has 1 amide bonds. The van der Waals surface area contributed by atoms with Gasteiger partial charge in [-0.15, -0.1) is 10.2 Å². The largest absolute Gasteiger partial charge is 0.508 e. The van der Waals surface area contributed by atoms with E-state index in [4.69, 9.17) is 0 Å². The predicted octanol–water partition coefficient (Wildman–Crippen LogP) is 1.65. The van der Waals surface area contributed by atoms with Crippen molar-refractivity contribution in [3.05, 3.63) is 41.5 Å². The van der Waals surface area contributed by atoms with E-state index >= 15 is 0 Å². The van der Waals surface area contributed by atoms with Crippen molar-refractivity contribution in [3.8, 4) is 5.75 Å². The molecule has 0 saturated carbocycles. The van der Waals surface area contributed by atoms with Crippen LogP contribution in [0, 0.1) is 5.92 Å². The molecule has 3 rings (SSSR count). The van der Waals surface area contributed by atoms with Crippen molar-refractivity contribution >= 4 is 5.91 Å². The minimum absolute atomic E-state index is 0.0791. The molecule has 0 fully saturated rings. The summed E-state index contributed by atoms with van der Waals surface area (Å²) < 4.78 is 2.12. The zero-order valence-electron chi connectivity index (χ0n) is 14.7. The highest BCUT2D eigenvalue weighted by Gasteiger charge is 2.25. The number of nitrogens with zero attached hydrogens (tertiary/aromatic N) is 3. The lowest BCUT2D eigenvalue weighted by atomic mass is 10.0. The molecule has 0 spiro atoms. The Hall–Kier alpha value is -2.41. The molecule has 1 aliphatic heterocycles. The Balaban J connectivity index is 1.85. The maximum Gasteiger partial charge on any atom is 0.252 e. The van der Waals surface area contributed by atoms with Crippen LogP contribution in [0.1, 0.15) is 48.3 Å². The average Bonchev–Trinajstić information content (AvgIpc) is 2.82. The maximum atomic E-state index is 12.6. The summed E-state index contributed by atoms with van der Waals surface area (Å²) in [5.41, 5.74) is 0.436. The number of phenols is 1. The topological polar surface area (TPSA) is 92.1 Å². The molecule has 2 heterocycles. The molecule has 7 heteroatoms. The van der Waals surface area contributed by atoms with Gasteiger partial charge in [0.05, 0.1) is 6.04 Å². The van der Waals surface area contributed by atoms with Gasteiger partial charge in [0, 0.05) is 31.6 Å². The molecule has 0 saturated heterocycles. The van der Waals surface area contributed by atoms with E-state index in [1.807, 2.05) is 0 Å². The molecular formula is C18H25N5O2. The van der Waals surface area contributed by atoms with Crippen molar-refractivity contribution in [2.75, 3.05) is 13.1 Å². The Bertz CT molecular complexity index is 741. The lowest BCUT2D eigenvalue weighted by Gasteiger charge is -2.21. The van der Waals surface area contributed by atoms with E-state index in [9.17, 15) is 9.90 Å². The molecular weight excluding hydrogens is 318 g/mol. The zero-order valence-corrected chi connectivity index (χ0v) is 14.7. The molecule has 0 aliphatic carbocycles. The third-order valence-corrected chi connectivity index (χ3v) is 4.33. The van der Waals surface area contributed by atoms with E-state index < -0.39 is 0 Å². The second-order valence-electron chi connectivity index (χ2n) is 6.83. The number of rotatable bonds is 5. The number of hydrogen-bond donors (Lipinski definition) is 3. The third kappa shape index (κ3) is 4.17. The number of aromatic nitrogens is 3. The normalized spacial score (nSPS) is 15.5. The van der Waals surface area contributed by atoms with Gasteiger partial charge in [0.1, 0.15) is 11.6 Å². The molecule has 3 N–H and O–H groups in total. The number of carbonyl (C=O) groups is 1. The van der Waals surface area contributed by atoms with Crippen LogP contribution in [0.15, 0.2) is 24.3 Å². The molecule has 7 nitrogen and oxygen atoms in total. The lowest BCUT2D eigenvalue weighted by molar-refractivity contribution is 0.0928. The maximum absolute atomic E-state index is 12.6. The van der Waals surface area contributed by atoms with Gasteiger partial charge in [0.15, 0.2) is 5.82 Å². The molecule has 0 unspecified atom stereocenters. The van der Waals surface area contributed by atoms with Crippen molar-refractivity contribution in [1.82, 2.24) is 25.4 Å². The number of carbonyl (C=O) groups excluding carboxylic acids is 1. The number of aromatic hydroxyl groups is 1. The molecule has 134 valence electrons. The van der Waals surface area contributed by atoms with Gasteiger partial charge in [-0.2, -0.15) is 0 Å². The summed E-state index contributed by atoms with van der Waals surface area (Å²) in [6.45, 7) is 6.80. The monoisotopic (exact) mass is 343 g/mol. The Morgan fingerprint density at radius 1 is 1.36 bits per heavy atom. The fourth-order valence-corrected chi connectivity index (χ4v) is 3.14. The molecule has 2 aromatic rings. The van der Waals surface area contributed by atoms with Crippen LogP contribution in [0.2, 0.25) is 0 Å². The zero-order chi connectivity index (χ0) is 17.8. The first kappa shape index (κ1) is 17.4. The fraction of sp³-hybridized carbons (Fsp3) is 0.500. The number of fused-ring (bicyclic) bond motifs is 1. The molecule has 0 radical (unpaired) electrons. The van der Waals surface area contributed by atoms with E-state index in [1.165, 1.54) is 6.07 Å². The smallest absolute Gasteiger partial charge is 0.252 e. The van der Waals surface area contributed by atoms with Gasteiger partial charge >= 0.3 is 0 Å². The van der Waals surface area contributed by atoms with Crippen LogP contribution in [0.3, 0.4) is 0 Å². The van der Waals surface area contributed by atoms with Crippen LogP contribution in [0.4, 0.5) is 0 Å². The van der Waals surface area contributed by atoms with Crippen LogP contribution < -0.4 is 10.6 Å². The van der Waals surface area contributed by atoms with E-state index in [-0.39, 0.29) is 17.7 Å². The minimum Gasteiger partial charge on any atom is -0.508 e. The Morgan fingerprint density at radius 2 is 2.20 bits per heavy atom. The highest BCUT2D eigenvalue weighted by Crippen LogP contribution is 2.22. The van der Waals surface area contributed by atoms with Gasteiger partial charge < -0.3 is 20.3 Å². The molecule has 0 bridgehead atoms. The number of hydrogen-bond acceptors (Lipinski definition) is 5. The van der Waals surface area contributed by atoms with Gasteiger partial charge in [0.25, 0.3) is 5.91 Å². The van der Waals surface area contributed by atoms with Gasteiger partial charge in [-0.3, -0.25) is 4.79 Å². The molecule has 1 aliphatic rings.